The molecule has 4 aromatic carbocycles. The number of aliphatic imine (C=N–C) groups is 1. The van der Waals surface area contributed by atoms with Crippen molar-refractivity contribution < 1.29 is 9.47 Å². The lowest BCUT2D eigenvalue weighted by Crippen LogP contribution is -2.17. The predicted molar refractivity (Wildman–Crippen MR) is 163 cm³/mol. The Balaban J connectivity index is 1.78. The van der Waals surface area contributed by atoms with Gasteiger partial charge in [-0.15, -0.1) is 0 Å². The summed E-state index contributed by atoms with van der Waals surface area (Å²) in [5.74, 6) is 1.80. The van der Waals surface area contributed by atoms with E-state index in [1.54, 1.807) is 14.2 Å². The molecule has 0 saturated heterocycles. The third-order valence-corrected chi connectivity index (χ3v) is 8.47. The zero-order valence-electron chi connectivity index (χ0n) is 21.7. The summed E-state index contributed by atoms with van der Waals surface area (Å²) in [7, 11) is 4.25. The molecule has 3 nitrogen and oxygen atoms in total. The van der Waals surface area contributed by atoms with Crippen molar-refractivity contribution in [2.45, 2.75) is 19.4 Å². The number of benzene rings is 4. The van der Waals surface area contributed by atoms with Gasteiger partial charge >= 0.3 is 0 Å². The first-order chi connectivity index (χ1) is 18.0. The molecule has 5 heteroatoms. The average molecular weight is 526 g/mol. The molecule has 4 rings (SSSR count). The van der Waals surface area contributed by atoms with Gasteiger partial charge in [-0.2, -0.15) is 0 Å². The van der Waals surface area contributed by atoms with Gasteiger partial charge in [0.2, 0.25) is 0 Å². The first-order valence-electron chi connectivity index (χ1n) is 12.2. The highest BCUT2D eigenvalue weighted by atomic mass is 31.1. The highest BCUT2D eigenvalue weighted by Gasteiger charge is 2.20. The van der Waals surface area contributed by atoms with E-state index in [0.717, 1.165) is 27.8 Å². The Bertz CT molecular complexity index is 1260. The van der Waals surface area contributed by atoms with Gasteiger partial charge in [-0.3, -0.25) is 4.99 Å². The molecule has 0 aliphatic heterocycles. The molecule has 0 aliphatic rings. The second kappa shape index (κ2) is 12.8. The van der Waals surface area contributed by atoms with Crippen LogP contribution in [0, 0.1) is 0 Å². The second-order valence-corrected chi connectivity index (χ2v) is 11.6. The van der Waals surface area contributed by atoms with Gasteiger partial charge in [-0.25, -0.2) is 0 Å². The minimum absolute atomic E-state index is 0.365. The number of hydrogen-bond donors (Lipinski definition) is 0. The van der Waals surface area contributed by atoms with Gasteiger partial charge < -0.3 is 9.47 Å². The van der Waals surface area contributed by atoms with Crippen LogP contribution in [-0.2, 0) is 0 Å². The molecular formula is C32H33NO2P2. The molecular weight excluding hydrogens is 492 g/mol. The first kappa shape index (κ1) is 26.8. The zero-order valence-corrected chi connectivity index (χ0v) is 23.7. The molecule has 0 spiro atoms. The van der Waals surface area contributed by atoms with Gasteiger partial charge in [0.15, 0.2) is 0 Å². The fourth-order valence-corrected chi connectivity index (χ4v) is 6.93. The standard InChI is InChI=1S/C32H33NO2P2/c1-32(2,23-30(24-15-7-5-8-16-24)36-28-21-13-11-19-26(28)34-3)33-31(25-17-9-6-10-18-25)37-29-22-14-12-20-27(29)35-4/h5-23,36-37H,1-4H3. The van der Waals surface area contributed by atoms with E-state index in [1.807, 2.05) is 30.3 Å². The van der Waals surface area contributed by atoms with E-state index in [9.17, 15) is 0 Å². The van der Waals surface area contributed by atoms with Crippen molar-refractivity contribution in [2.75, 3.05) is 14.2 Å². The lowest BCUT2D eigenvalue weighted by atomic mass is 10.0. The number of methoxy groups -OCH3 is 2. The Kier molecular flexibility index (Phi) is 9.29. The van der Waals surface area contributed by atoms with E-state index in [1.165, 1.54) is 16.2 Å². The molecule has 0 aliphatic carbocycles. The number of rotatable bonds is 10. The summed E-state index contributed by atoms with van der Waals surface area (Å²) < 4.78 is 11.3. The average Bonchev–Trinajstić information content (AvgIpc) is 2.93. The van der Waals surface area contributed by atoms with Crippen LogP contribution in [0.15, 0.2) is 120 Å². The van der Waals surface area contributed by atoms with Crippen molar-refractivity contribution >= 4 is 38.5 Å². The second-order valence-electron chi connectivity index (χ2n) is 9.05. The Hall–Kier alpha value is -3.25. The maximum absolute atomic E-state index is 5.66. The summed E-state index contributed by atoms with van der Waals surface area (Å²) >= 11 is 0. The molecule has 2 unspecified atom stereocenters. The van der Waals surface area contributed by atoms with E-state index in [0.29, 0.717) is 17.2 Å². The van der Waals surface area contributed by atoms with Crippen molar-refractivity contribution in [2.24, 2.45) is 4.99 Å². The molecule has 188 valence electrons. The minimum Gasteiger partial charge on any atom is -0.496 e. The maximum atomic E-state index is 5.66. The van der Waals surface area contributed by atoms with Crippen LogP contribution in [0.1, 0.15) is 25.0 Å². The molecule has 0 aromatic heterocycles. The quantitative estimate of drug-likeness (QED) is 0.161. The molecule has 37 heavy (non-hydrogen) atoms. The van der Waals surface area contributed by atoms with Crippen molar-refractivity contribution in [3.63, 3.8) is 0 Å². The Morgan fingerprint density at radius 2 is 1.08 bits per heavy atom. The van der Waals surface area contributed by atoms with Gasteiger partial charge in [0.25, 0.3) is 0 Å². The predicted octanol–water partition coefficient (Wildman–Crippen LogP) is 7.28. The third kappa shape index (κ3) is 7.39. The van der Waals surface area contributed by atoms with Crippen LogP contribution >= 0.6 is 17.2 Å². The van der Waals surface area contributed by atoms with Crippen LogP contribution in [-0.4, -0.2) is 25.2 Å². The van der Waals surface area contributed by atoms with Gasteiger partial charge in [0, 0.05) is 16.2 Å². The molecule has 0 radical (unpaired) electrons. The van der Waals surface area contributed by atoms with E-state index >= 15 is 0 Å². The Morgan fingerprint density at radius 3 is 1.62 bits per heavy atom. The van der Waals surface area contributed by atoms with E-state index in [2.05, 4.69) is 98.8 Å². The summed E-state index contributed by atoms with van der Waals surface area (Å²) in [6.07, 6.45) is 2.31. The van der Waals surface area contributed by atoms with Crippen molar-refractivity contribution in [1.29, 1.82) is 0 Å². The monoisotopic (exact) mass is 525 g/mol. The fraction of sp³-hybridized carbons (Fsp3) is 0.156. The number of para-hydroxylation sites is 2. The summed E-state index contributed by atoms with van der Waals surface area (Å²) in [6.45, 7) is 4.36. The SMILES string of the molecule is COc1ccccc1PC(=CC(C)(C)N=C(Pc1ccccc1OC)c1ccccc1)c1ccccc1. The number of hydrogen-bond acceptors (Lipinski definition) is 3. The van der Waals surface area contributed by atoms with Gasteiger partial charge in [-0.1, -0.05) is 106 Å². The fourth-order valence-electron chi connectivity index (χ4n) is 4.01. The summed E-state index contributed by atoms with van der Waals surface area (Å²) in [6, 6.07) is 37.5. The largest absolute Gasteiger partial charge is 0.496 e. The van der Waals surface area contributed by atoms with Gasteiger partial charge in [-0.05, 0) is 51.5 Å². The number of ether oxygens (including phenoxy) is 2. The van der Waals surface area contributed by atoms with Crippen LogP contribution < -0.4 is 20.1 Å². The van der Waals surface area contributed by atoms with Crippen LogP contribution in [0.2, 0.25) is 0 Å². The summed E-state index contributed by atoms with van der Waals surface area (Å²) in [5, 5.41) is 3.57. The van der Waals surface area contributed by atoms with E-state index in [4.69, 9.17) is 14.5 Å². The number of nitrogens with zero attached hydrogens (tertiary/aromatic N) is 1. The van der Waals surface area contributed by atoms with Crippen LogP contribution in [0.3, 0.4) is 0 Å². The highest BCUT2D eigenvalue weighted by molar-refractivity contribution is 7.66. The third-order valence-electron chi connectivity index (χ3n) is 5.77. The molecule has 0 N–H and O–H groups in total. The van der Waals surface area contributed by atoms with Crippen LogP contribution in [0.5, 0.6) is 11.5 Å². The molecule has 0 heterocycles. The van der Waals surface area contributed by atoms with Crippen molar-refractivity contribution in [1.82, 2.24) is 0 Å². The van der Waals surface area contributed by atoms with Crippen LogP contribution in [0.25, 0.3) is 5.31 Å². The van der Waals surface area contributed by atoms with Crippen LogP contribution in [0.4, 0.5) is 0 Å². The zero-order chi connectivity index (χ0) is 26.1. The lowest BCUT2D eigenvalue weighted by Gasteiger charge is -2.22. The topological polar surface area (TPSA) is 30.8 Å². The van der Waals surface area contributed by atoms with Crippen molar-refractivity contribution in [3.8, 4) is 11.5 Å². The smallest absolute Gasteiger partial charge is 0.126 e. The lowest BCUT2D eigenvalue weighted by molar-refractivity contribution is 0.418. The van der Waals surface area contributed by atoms with E-state index < -0.39 is 5.54 Å². The first-order valence-corrected chi connectivity index (χ1v) is 14.2. The minimum atomic E-state index is -0.444. The summed E-state index contributed by atoms with van der Waals surface area (Å²) in [4.78, 5) is 5.37. The normalized spacial score (nSPS) is 13.0. The maximum Gasteiger partial charge on any atom is 0.126 e. The molecule has 0 fully saturated rings. The molecule has 4 aromatic rings. The molecule has 0 amide bonds. The Labute approximate surface area is 224 Å². The molecule has 0 bridgehead atoms. The Morgan fingerprint density at radius 1 is 0.622 bits per heavy atom. The van der Waals surface area contributed by atoms with E-state index in [-0.39, 0.29) is 0 Å². The van der Waals surface area contributed by atoms with Crippen molar-refractivity contribution in [3.05, 3.63) is 126 Å². The molecule has 2 atom stereocenters. The summed E-state index contributed by atoms with van der Waals surface area (Å²) in [5.41, 5.74) is 2.94. The van der Waals surface area contributed by atoms with Gasteiger partial charge in [0.05, 0.1) is 25.2 Å². The molecule has 0 saturated carbocycles. The highest BCUT2D eigenvalue weighted by Crippen LogP contribution is 2.38. The van der Waals surface area contributed by atoms with Gasteiger partial charge in [0.1, 0.15) is 11.5 Å².